The van der Waals surface area contributed by atoms with E-state index in [1.807, 2.05) is 47.4 Å². The number of rotatable bonds is 6. The second-order valence-corrected chi connectivity index (χ2v) is 9.08. The number of benzene rings is 2. The SMILES string of the molecule is O=C(NCC(=O)N1CCN(CC(=O)N2CCCCCC2)CC1)c1ccc(-c2ccccc2)cc1. The highest BCUT2D eigenvalue weighted by Crippen LogP contribution is 2.19. The third-order valence-electron chi connectivity index (χ3n) is 6.70. The highest BCUT2D eigenvalue weighted by Gasteiger charge is 2.24. The standard InChI is InChI=1S/C27H34N4O3/c32-25(20-28-27(34)24-12-10-23(11-13-24)22-8-4-3-5-9-22)31-18-16-29(17-19-31)21-26(33)30-14-6-1-2-7-15-30/h3-5,8-13H,1-2,6-7,14-21H2,(H,28,34). The predicted octanol–water partition coefficient (Wildman–Crippen LogP) is 2.63. The first-order valence-corrected chi connectivity index (χ1v) is 12.3. The van der Waals surface area contributed by atoms with E-state index in [-0.39, 0.29) is 24.3 Å². The molecule has 0 bridgehead atoms. The van der Waals surface area contributed by atoms with E-state index < -0.39 is 0 Å². The van der Waals surface area contributed by atoms with Crippen LogP contribution in [0.25, 0.3) is 11.1 Å². The summed E-state index contributed by atoms with van der Waals surface area (Å²) in [5.41, 5.74) is 2.67. The molecule has 7 nitrogen and oxygen atoms in total. The van der Waals surface area contributed by atoms with Gasteiger partial charge in [0.2, 0.25) is 11.8 Å². The Morgan fingerprint density at radius 2 is 1.24 bits per heavy atom. The molecule has 0 unspecified atom stereocenters. The average Bonchev–Trinajstić information content (AvgIpc) is 3.18. The molecule has 2 aliphatic rings. The van der Waals surface area contributed by atoms with E-state index in [0.29, 0.717) is 38.3 Å². The zero-order chi connectivity index (χ0) is 23.8. The molecule has 0 atom stereocenters. The molecule has 3 amide bonds. The topological polar surface area (TPSA) is 73.0 Å². The number of hydrogen-bond donors (Lipinski definition) is 1. The molecule has 2 aliphatic heterocycles. The van der Waals surface area contributed by atoms with Crippen LogP contribution in [0.3, 0.4) is 0 Å². The maximum atomic E-state index is 12.6. The van der Waals surface area contributed by atoms with E-state index in [4.69, 9.17) is 0 Å². The van der Waals surface area contributed by atoms with Crippen molar-refractivity contribution in [2.45, 2.75) is 25.7 Å². The lowest BCUT2D eigenvalue weighted by Crippen LogP contribution is -2.53. The summed E-state index contributed by atoms with van der Waals surface area (Å²) >= 11 is 0. The van der Waals surface area contributed by atoms with Crippen LogP contribution in [-0.2, 0) is 9.59 Å². The summed E-state index contributed by atoms with van der Waals surface area (Å²) in [7, 11) is 0. The summed E-state index contributed by atoms with van der Waals surface area (Å²) < 4.78 is 0. The summed E-state index contributed by atoms with van der Waals surface area (Å²) in [6.45, 7) is 4.66. The first-order valence-electron chi connectivity index (χ1n) is 12.3. The van der Waals surface area contributed by atoms with Crippen LogP contribution in [0.2, 0.25) is 0 Å². The smallest absolute Gasteiger partial charge is 0.251 e. The Bertz CT molecular complexity index is 961. The van der Waals surface area contributed by atoms with Crippen LogP contribution in [0.5, 0.6) is 0 Å². The zero-order valence-electron chi connectivity index (χ0n) is 19.7. The van der Waals surface area contributed by atoms with Gasteiger partial charge in [-0.15, -0.1) is 0 Å². The Morgan fingerprint density at radius 1 is 0.647 bits per heavy atom. The number of piperazine rings is 1. The molecule has 0 aromatic heterocycles. The number of nitrogens with zero attached hydrogens (tertiary/aromatic N) is 3. The minimum Gasteiger partial charge on any atom is -0.343 e. The molecule has 0 radical (unpaired) electrons. The third-order valence-corrected chi connectivity index (χ3v) is 6.70. The minimum atomic E-state index is -0.255. The maximum absolute atomic E-state index is 12.6. The number of carbonyl (C=O) groups excluding carboxylic acids is 3. The molecule has 0 saturated carbocycles. The molecule has 0 aliphatic carbocycles. The Balaban J connectivity index is 1.19. The molecular formula is C27H34N4O3. The second kappa shape index (κ2) is 11.8. The van der Waals surface area contributed by atoms with Gasteiger partial charge in [-0.3, -0.25) is 19.3 Å². The fourth-order valence-corrected chi connectivity index (χ4v) is 4.58. The predicted molar refractivity (Wildman–Crippen MR) is 132 cm³/mol. The zero-order valence-corrected chi connectivity index (χ0v) is 19.7. The lowest BCUT2D eigenvalue weighted by Gasteiger charge is -2.35. The fourth-order valence-electron chi connectivity index (χ4n) is 4.58. The monoisotopic (exact) mass is 462 g/mol. The van der Waals surface area contributed by atoms with Crippen LogP contribution < -0.4 is 5.32 Å². The molecule has 2 fully saturated rings. The first kappa shape index (κ1) is 24.0. The third kappa shape index (κ3) is 6.44. The largest absolute Gasteiger partial charge is 0.343 e. The lowest BCUT2D eigenvalue weighted by molar-refractivity contribution is -0.134. The normalized spacial score (nSPS) is 17.2. The molecular weight excluding hydrogens is 428 g/mol. The average molecular weight is 463 g/mol. The summed E-state index contributed by atoms with van der Waals surface area (Å²) in [4.78, 5) is 43.6. The number of hydrogen-bond acceptors (Lipinski definition) is 4. The Labute approximate surface area is 201 Å². The van der Waals surface area contributed by atoms with Gasteiger partial charge in [-0.2, -0.15) is 0 Å². The maximum Gasteiger partial charge on any atom is 0.251 e. The van der Waals surface area contributed by atoms with Crippen molar-refractivity contribution in [1.82, 2.24) is 20.0 Å². The van der Waals surface area contributed by atoms with Gasteiger partial charge in [-0.1, -0.05) is 55.3 Å². The molecule has 34 heavy (non-hydrogen) atoms. The van der Waals surface area contributed by atoms with Crippen molar-refractivity contribution in [3.63, 3.8) is 0 Å². The van der Waals surface area contributed by atoms with E-state index in [1.165, 1.54) is 12.8 Å². The molecule has 2 saturated heterocycles. The van der Waals surface area contributed by atoms with Crippen molar-refractivity contribution in [3.8, 4) is 11.1 Å². The van der Waals surface area contributed by atoms with Gasteiger partial charge in [0.15, 0.2) is 0 Å². The van der Waals surface area contributed by atoms with E-state index >= 15 is 0 Å². The highest BCUT2D eigenvalue weighted by atomic mass is 16.2. The van der Waals surface area contributed by atoms with Crippen molar-refractivity contribution >= 4 is 17.7 Å². The van der Waals surface area contributed by atoms with E-state index in [0.717, 1.165) is 37.1 Å². The van der Waals surface area contributed by atoms with E-state index in [2.05, 4.69) is 10.2 Å². The molecule has 0 spiro atoms. The van der Waals surface area contributed by atoms with Crippen molar-refractivity contribution in [3.05, 3.63) is 60.2 Å². The molecule has 2 aromatic carbocycles. The van der Waals surface area contributed by atoms with Gasteiger partial charge in [0.25, 0.3) is 5.91 Å². The summed E-state index contributed by atoms with van der Waals surface area (Å²) in [5.74, 6) is -0.144. The van der Waals surface area contributed by atoms with Crippen molar-refractivity contribution in [2.24, 2.45) is 0 Å². The fraction of sp³-hybridized carbons (Fsp3) is 0.444. The summed E-state index contributed by atoms with van der Waals surface area (Å²) in [6.07, 6.45) is 4.61. The first-order chi connectivity index (χ1) is 16.6. The minimum absolute atomic E-state index is 0.0218. The van der Waals surface area contributed by atoms with Crippen LogP contribution in [0, 0.1) is 0 Å². The Kier molecular flexibility index (Phi) is 8.31. The van der Waals surface area contributed by atoms with E-state index in [9.17, 15) is 14.4 Å². The van der Waals surface area contributed by atoms with E-state index in [1.54, 1.807) is 17.0 Å². The second-order valence-electron chi connectivity index (χ2n) is 9.08. The summed E-state index contributed by atoms with van der Waals surface area (Å²) in [5, 5.41) is 2.74. The molecule has 2 aromatic rings. The molecule has 1 N–H and O–H groups in total. The van der Waals surface area contributed by atoms with Gasteiger partial charge < -0.3 is 15.1 Å². The van der Waals surface area contributed by atoms with Gasteiger partial charge in [0.05, 0.1) is 13.1 Å². The number of carbonyl (C=O) groups is 3. The quantitative estimate of drug-likeness (QED) is 0.716. The number of likely N-dealkylation sites (tertiary alicyclic amines) is 1. The highest BCUT2D eigenvalue weighted by molar-refractivity contribution is 5.96. The van der Waals surface area contributed by atoms with Gasteiger partial charge >= 0.3 is 0 Å². The van der Waals surface area contributed by atoms with Crippen LogP contribution in [-0.4, -0.2) is 84.8 Å². The van der Waals surface area contributed by atoms with Gasteiger partial charge in [0.1, 0.15) is 0 Å². The lowest BCUT2D eigenvalue weighted by atomic mass is 10.0. The number of nitrogens with one attached hydrogen (secondary N) is 1. The summed E-state index contributed by atoms with van der Waals surface area (Å²) in [6, 6.07) is 17.4. The number of amides is 3. The van der Waals surface area contributed by atoms with Crippen molar-refractivity contribution in [2.75, 3.05) is 52.4 Å². The molecule has 2 heterocycles. The van der Waals surface area contributed by atoms with Crippen molar-refractivity contribution in [1.29, 1.82) is 0 Å². The van der Waals surface area contributed by atoms with Gasteiger partial charge in [-0.05, 0) is 36.1 Å². The Hall–Kier alpha value is -3.19. The molecule has 4 rings (SSSR count). The van der Waals surface area contributed by atoms with Crippen LogP contribution in [0.1, 0.15) is 36.0 Å². The van der Waals surface area contributed by atoms with Crippen LogP contribution in [0.4, 0.5) is 0 Å². The van der Waals surface area contributed by atoms with Crippen LogP contribution >= 0.6 is 0 Å². The molecule has 180 valence electrons. The molecule has 7 heteroatoms. The van der Waals surface area contributed by atoms with Crippen LogP contribution in [0.15, 0.2) is 54.6 Å². The Morgan fingerprint density at radius 3 is 1.88 bits per heavy atom. The van der Waals surface area contributed by atoms with Gasteiger partial charge in [-0.25, -0.2) is 0 Å². The van der Waals surface area contributed by atoms with Gasteiger partial charge in [0, 0.05) is 44.8 Å². The van der Waals surface area contributed by atoms with Crippen molar-refractivity contribution < 1.29 is 14.4 Å².